The molecule has 1 aliphatic rings. The number of imidazole rings is 1. The molecule has 1 amide bonds. The zero-order valence-corrected chi connectivity index (χ0v) is 13.8. The minimum Gasteiger partial charge on any atom is -0.325 e. The van der Waals surface area contributed by atoms with E-state index in [1.54, 1.807) is 0 Å². The highest BCUT2D eigenvalue weighted by Crippen LogP contribution is 2.40. The number of nitrogens with one attached hydrogen (secondary N) is 1. The van der Waals surface area contributed by atoms with Gasteiger partial charge in [0.1, 0.15) is 12.4 Å². The molecule has 4 nitrogen and oxygen atoms in total. The molecule has 0 saturated heterocycles. The van der Waals surface area contributed by atoms with E-state index in [0.29, 0.717) is 5.92 Å². The smallest absolute Gasteiger partial charge is 0.325 e. The van der Waals surface area contributed by atoms with Crippen LogP contribution in [0.3, 0.4) is 0 Å². The second-order valence-corrected chi connectivity index (χ2v) is 6.45. The summed E-state index contributed by atoms with van der Waals surface area (Å²) in [6.45, 7) is 0.0165. The van der Waals surface area contributed by atoms with Gasteiger partial charge in [0.05, 0.1) is 16.6 Å². The third-order valence-electron chi connectivity index (χ3n) is 4.40. The lowest BCUT2D eigenvalue weighted by Crippen LogP contribution is -2.20. The number of nitrogens with zero attached hydrogens (tertiary/aromatic N) is 2. The highest BCUT2D eigenvalue weighted by Gasteiger charge is 2.31. The number of anilines is 1. The Morgan fingerprint density at radius 3 is 2.65 bits per heavy atom. The van der Waals surface area contributed by atoms with Crippen LogP contribution in [0.4, 0.5) is 18.9 Å². The first-order chi connectivity index (χ1) is 12.4. The molecule has 0 atom stereocenters. The van der Waals surface area contributed by atoms with Gasteiger partial charge in [-0.05, 0) is 43.2 Å². The topological polar surface area (TPSA) is 46.9 Å². The zero-order valence-electron chi connectivity index (χ0n) is 13.8. The Balaban J connectivity index is 1.58. The lowest BCUT2D eigenvalue weighted by molar-refractivity contribution is -0.137. The highest BCUT2D eigenvalue weighted by atomic mass is 19.4. The molecule has 2 aromatic carbocycles. The number of halogens is 3. The van der Waals surface area contributed by atoms with Crippen molar-refractivity contribution < 1.29 is 18.0 Å². The normalized spacial score (nSPS) is 14.6. The molecule has 4 rings (SSSR count). The Bertz CT molecular complexity index is 974. The Morgan fingerprint density at radius 2 is 1.92 bits per heavy atom. The summed E-state index contributed by atoms with van der Waals surface area (Å²) in [6, 6.07) is 12.2. The average molecular weight is 359 g/mol. The van der Waals surface area contributed by atoms with Crippen LogP contribution >= 0.6 is 0 Å². The van der Waals surface area contributed by atoms with E-state index in [1.807, 2.05) is 28.8 Å². The number of fused-ring (bicyclic) bond motifs is 1. The van der Waals surface area contributed by atoms with Gasteiger partial charge in [0.2, 0.25) is 5.91 Å². The molecular weight excluding hydrogens is 343 g/mol. The number of carbonyl (C=O) groups excluding carboxylic acids is 1. The molecule has 26 heavy (non-hydrogen) atoms. The molecule has 0 unspecified atom stereocenters. The first-order valence-electron chi connectivity index (χ1n) is 8.34. The van der Waals surface area contributed by atoms with Gasteiger partial charge in [-0.15, -0.1) is 0 Å². The van der Waals surface area contributed by atoms with E-state index in [2.05, 4.69) is 10.3 Å². The number of para-hydroxylation sites is 2. The van der Waals surface area contributed by atoms with Gasteiger partial charge in [-0.2, -0.15) is 13.2 Å². The molecule has 1 N–H and O–H groups in total. The third kappa shape index (κ3) is 3.29. The van der Waals surface area contributed by atoms with Gasteiger partial charge in [0.15, 0.2) is 0 Å². The van der Waals surface area contributed by atoms with Gasteiger partial charge < -0.3 is 9.88 Å². The lowest BCUT2D eigenvalue weighted by Gasteiger charge is -2.12. The van der Waals surface area contributed by atoms with Gasteiger partial charge in [0, 0.05) is 11.6 Å². The zero-order chi connectivity index (χ0) is 18.3. The molecule has 7 heteroatoms. The van der Waals surface area contributed by atoms with Gasteiger partial charge in [-0.25, -0.2) is 4.98 Å². The van der Waals surface area contributed by atoms with E-state index in [4.69, 9.17) is 0 Å². The number of amides is 1. The first kappa shape index (κ1) is 16.6. The Labute approximate surface area is 147 Å². The van der Waals surface area contributed by atoms with Crippen LogP contribution in [0.2, 0.25) is 0 Å². The molecule has 1 aliphatic carbocycles. The number of rotatable bonds is 4. The molecule has 1 saturated carbocycles. The van der Waals surface area contributed by atoms with E-state index in [9.17, 15) is 18.0 Å². The van der Waals surface area contributed by atoms with Crippen LogP contribution in [0.5, 0.6) is 0 Å². The summed E-state index contributed by atoms with van der Waals surface area (Å²) in [5.41, 5.74) is 1.01. The van der Waals surface area contributed by atoms with Gasteiger partial charge in [0.25, 0.3) is 0 Å². The molecule has 0 radical (unpaired) electrons. The molecule has 0 spiro atoms. The number of hydrogen-bond donors (Lipinski definition) is 1. The van der Waals surface area contributed by atoms with Crippen molar-refractivity contribution in [1.29, 1.82) is 0 Å². The van der Waals surface area contributed by atoms with Crippen molar-refractivity contribution in [2.45, 2.75) is 31.5 Å². The minimum absolute atomic E-state index is 0.0165. The number of carbonyl (C=O) groups is 1. The van der Waals surface area contributed by atoms with Gasteiger partial charge in [-0.3, -0.25) is 4.79 Å². The van der Waals surface area contributed by atoms with E-state index < -0.39 is 11.7 Å². The quantitative estimate of drug-likeness (QED) is 0.742. The first-order valence-corrected chi connectivity index (χ1v) is 8.34. The van der Waals surface area contributed by atoms with Crippen molar-refractivity contribution in [2.75, 3.05) is 5.32 Å². The summed E-state index contributed by atoms with van der Waals surface area (Å²) in [5.74, 6) is 0.837. The lowest BCUT2D eigenvalue weighted by atomic mass is 10.2. The summed E-state index contributed by atoms with van der Waals surface area (Å²) in [7, 11) is 0. The van der Waals surface area contributed by atoms with E-state index in [0.717, 1.165) is 41.8 Å². The van der Waals surface area contributed by atoms with Crippen LogP contribution in [0.15, 0.2) is 48.5 Å². The monoisotopic (exact) mass is 359 g/mol. The van der Waals surface area contributed by atoms with Crippen LogP contribution in [0.1, 0.15) is 30.1 Å². The second-order valence-electron chi connectivity index (χ2n) is 6.45. The van der Waals surface area contributed by atoms with Gasteiger partial charge >= 0.3 is 6.18 Å². The standard InChI is InChI=1S/C19H16F3N3O/c20-19(21,22)13-4-3-5-14(10-13)23-17(26)11-25-16-7-2-1-6-15(16)24-18(25)12-8-9-12/h1-7,10,12H,8-9,11H2,(H,23,26). The number of hydrogen-bond acceptors (Lipinski definition) is 2. The maximum Gasteiger partial charge on any atom is 0.416 e. The summed E-state index contributed by atoms with van der Waals surface area (Å²) >= 11 is 0. The van der Waals surface area contributed by atoms with Crippen LogP contribution < -0.4 is 5.32 Å². The van der Waals surface area contributed by atoms with Crippen molar-refractivity contribution in [1.82, 2.24) is 9.55 Å². The largest absolute Gasteiger partial charge is 0.416 e. The summed E-state index contributed by atoms with van der Waals surface area (Å²) in [5, 5.41) is 2.56. The summed E-state index contributed by atoms with van der Waals surface area (Å²) in [6.07, 6.45) is -2.36. The van der Waals surface area contributed by atoms with Crippen molar-refractivity contribution in [3.8, 4) is 0 Å². The molecule has 1 heterocycles. The number of alkyl halides is 3. The Kier molecular flexibility index (Phi) is 3.94. The fourth-order valence-corrected chi connectivity index (χ4v) is 3.03. The third-order valence-corrected chi connectivity index (χ3v) is 4.40. The fourth-order valence-electron chi connectivity index (χ4n) is 3.03. The molecule has 0 bridgehead atoms. The van der Waals surface area contributed by atoms with Crippen LogP contribution in [0.25, 0.3) is 11.0 Å². The van der Waals surface area contributed by atoms with Crippen LogP contribution in [-0.4, -0.2) is 15.5 Å². The maximum absolute atomic E-state index is 12.8. The van der Waals surface area contributed by atoms with Gasteiger partial charge in [-0.1, -0.05) is 18.2 Å². The second kappa shape index (κ2) is 6.16. The van der Waals surface area contributed by atoms with E-state index >= 15 is 0 Å². The predicted molar refractivity (Wildman–Crippen MR) is 91.8 cm³/mol. The molecule has 134 valence electrons. The Hall–Kier alpha value is -2.83. The van der Waals surface area contributed by atoms with Crippen molar-refractivity contribution >= 4 is 22.6 Å². The number of aromatic nitrogens is 2. The molecule has 3 aromatic rings. The fraction of sp³-hybridized carbons (Fsp3) is 0.263. The van der Waals surface area contributed by atoms with Crippen LogP contribution in [0, 0.1) is 0 Å². The number of benzene rings is 2. The van der Waals surface area contributed by atoms with Crippen molar-refractivity contribution in [2.24, 2.45) is 0 Å². The van der Waals surface area contributed by atoms with Crippen LogP contribution in [-0.2, 0) is 17.5 Å². The van der Waals surface area contributed by atoms with Crippen molar-refractivity contribution in [3.05, 3.63) is 59.9 Å². The minimum atomic E-state index is -4.44. The Morgan fingerprint density at radius 1 is 1.15 bits per heavy atom. The van der Waals surface area contributed by atoms with Crippen molar-refractivity contribution in [3.63, 3.8) is 0 Å². The summed E-state index contributed by atoms with van der Waals surface area (Å²) in [4.78, 5) is 17.1. The average Bonchev–Trinajstić information content (AvgIpc) is 3.38. The molecule has 1 fully saturated rings. The molecule has 1 aromatic heterocycles. The maximum atomic E-state index is 12.8. The summed E-state index contributed by atoms with van der Waals surface area (Å²) < 4.78 is 40.3. The predicted octanol–water partition coefficient (Wildman–Crippen LogP) is 4.57. The van der Waals surface area contributed by atoms with E-state index in [-0.39, 0.29) is 18.1 Å². The highest BCUT2D eigenvalue weighted by molar-refractivity contribution is 5.91. The molecule has 0 aliphatic heterocycles. The van der Waals surface area contributed by atoms with E-state index in [1.165, 1.54) is 12.1 Å². The SMILES string of the molecule is O=C(Cn1c(C2CC2)nc2ccccc21)Nc1cccc(C(F)(F)F)c1. The molecular formula is C19H16F3N3O.